The van der Waals surface area contributed by atoms with E-state index in [1.807, 2.05) is 18.2 Å². The van der Waals surface area contributed by atoms with Gasteiger partial charge in [-0.1, -0.05) is 56.1 Å². The number of thiocarbonyl (C=S) groups is 1. The number of thioether (sulfide) groups is 1. The van der Waals surface area contributed by atoms with E-state index in [1.165, 1.54) is 11.8 Å². The van der Waals surface area contributed by atoms with Gasteiger partial charge in [0.2, 0.25) is 0 Å². The van der Waals surface area contributed by atoms with Crippen LogP contribution in [0.5, 0.6) is 0 Å². The molecular weight excluding hydrogens is 368 g/mol. The van der Waals surface area contributed by atoms with Gasteiger partial charge < -0.3 is 5.11 Å². The smallest absolute Gasteiger partial charge is 0.303 e. The zero-order chi connectivity index (χ0) is 18.8. The van der Waals surface area contributed by atoms with E-state index < -0.39 is 5.97 Å². The zero-order valence-corrected chi connectivity index (χ0v) is 16.4. The van der Waals surface area contributed by atoms with Crippen molar-refractivity contribution in [3.8, 4) is 0 Å². The molecule has 1 N–H and O–H groups in total. The zero-order valence-electron chi connectivity index (χ0n) is 14.7. The first-order valence-electron chi connectivity index (χ1n) is 8.95. The lowest BCUT2D eigenvalue weighted by Crippen LogP contribution is -2.29. The quantitative estimate of drug-likeness (QED) is 0.340. The number of unbranched alkanes of at least 4 members (excludes halogenated alkanes) is 6. The van der Waals surface area contributed by atoms with Gasteiger partial charge in [-0.25, -0.2) is 0 Å². The molecule has 5 nitrogen and oxygen atoms in total. The SMILES string of the molecule is O=C(O)CCCCCCCCCN1C(=O)/C(=C/c2ccncc2)SC1=S. The number of carbonyl (C=O) groups is 2. The van der Waals surface area contributed by atoms with E-state index in [-0.39, 0.29) is 12.3 Å². The molecule has 1 aliphatic rings. The fraction of sp³-hybridized carbons (Fsp3) is 0.474. The maximum atomic E-state index is 12.5. The fourth-order valence-corrected chi connectivity index (χ4v) is 4.04. The molecule has 0 unspecified atom stereocenters. The van der Waals surface area contributed by atoms with Crippen LogP contribution in [0.1, 0.15) is 56.9 Å². The average molecular weight is 393 g/mol. The summed E-state index contributed by atoms with van der Waals surface area (Å²) in [5.74, 6) is -0.725. The Kier molecular flexibility index (Phi) is 8.77. The highest BCUT2D eigenvalue weighted by molar-refractivity contribution is 8.26. The second kappa shape index (κ2) is 11.1. The van der Waals surface area contributed by atoms with E-state index in [9.17, 15) is 9.59 Å². The second-order valence-corrected chi connectivity index (χ2v) is 7.91. The number of aliphatic carboxylic acids is 1. The van der Waals surface area contributed by atoms with E-state index >= 15 is 0 Å². The molecule has 2 rings (SSSR count). The Morgan fingerprint density at radius 2 is 1.73 bits per heavy atom. The summed E-state index contributed by atoms with van der Waals surface area (Å²) in [7, 11) is 0. The Balaban J connectivity index is 1.65. The molecule has 140 valence electrons. The molecule has 1 amide bonds. The van der Waals surface area contributed by atoms with Crippen LogP contribution < -0.4 is 0 Å². The Morgan fingerprint density at radius 1 is 1.12 bits per heavy atom. The van der Waals surface area contributed by atoms with Crippen LogP contribution >= 0.6 is 24.0 Å². The third-order valence-corrected chi connectivity index (χ3v) is 5.53. The number of hydrogen-bond donors (Lipinski definition) is 1. The number of pyridine rings is 1. The number of rotatable bonds is 11. The van der Waals surface area contributed by atoms with Crippen molar-refractivity contribution in [2.45, 2.75) is 51.4 Å². The maximum absolute atomic E-state index is 12.5. The normalized spacial score (nSPS) is 15.8. The first kappa shape index (κ1) is 20.6. The molecule has 0 aromatic carbocycles. The molecule has 0 aliphatic carbocycles. The molecular formula is C19H24N2O3S2. The van der Waals surface area contributed by atoms with Gasteiger partial charge in [0.25, 0.3) is 5.91 Å². The monoisotopic (exact) mass is 392 g/mol. The van der Waals surface area contributed by atoms with Gasteiger partial charge in [-0.15, -0.1) is 0 Å². The van der Waals surface area contributed by atoms with Gasteiger partial charge in [-0.3, -0.25) is 19.5 Å². The van der Waals surface area contributed by atoms with Crippen molar-refractivity contribution < 1.29 is 14.7 Å². The molecule has 0 atom stereocenters. The van der Waals surface area contributed by atoms with Crippen LogP contribution in [0.4, 0.5) is 0 Å². The van der Waals surface area contributed by atoms with Crippen molar-refractivity contribution in [2.24, 2.45) is 0 Å². The van der Waals surface area contributed by atoms with Crippen LogP contribution in [0.15, 0.2) is 29.4 Å². The average Bonchev–Trinajstić information content (AvgIpc) is 2.88. The molecule has 0 saturated carbocycles. The minimum absolute atomic E-state index is 0.00881. The summed E-state index contributed by atoms with van der Waals surface area (Å²) in [6.07, 6.45) is 12.5. The molecule has 0 spiro atoms. The van der Waals surface area contributed by atoms with Gasteiger partial charge in [-0.2, -0.15) is 0 Å². The number of carboxylic acids is 1. The predicted octanol–water partition coefficient (Wildman–Crippen LogP) is 4.49. The van der Waals surface area contributed by atoms with Crippen LogP contribution in [0.2, 0.25) is 0 Å². The molecule has 26 heavy (non-hydrogen) atoms. The highest BCUT2D eigenvalue weighted by Crippen LogP contribution is 2.32. The topological polar surface area (TPSA) is 70.5 Å². The maximum Gasteiger partial charge on any atom is 0.303 e. The fourth-order valence-electron chi connectivity index (χ4n) is 2.73. The van der Waals surface area contributed by atoms with E-state index in [4.69, 9.17) is 17.3 Å². The van der Waals surface area contributed by atoms with E-state index in [0.717, 1.165) is 50.5 Å². The summed E-state index contributed by atoms with van der Waals surface area (Å²) in [6.45, 7) is 0.664. The van der Waals surface area contributed by atoms with E-state index in [2.05, 4.69) is 4.98 Å². The summed E-state index contributed by atoms with van der Waals surface area (Å²) in [6, 6.07) is 3.73. The third kappa shape index (κ3) is 6.88. The summed E-state index contributed by atoms with van der Waals surface area (Å²) in [5.41, 5.74) is 0.948. The largest absolute Gasteiger partial charge is 0.481 e. The standard InChI is InChI=1S/C19H24N2O3S2/c22-17(23)8-6-4-2-1-3-5-7-13-21-18(24)16(26-19(21)25)14-15-9-11-20-12-10-15/h9-12,14H,1-8,13H2,(H,22,23)/b16-14-. The number of nitrogens with zero attached hydrogens (tertiary/aromatic N) is 2. The lowest BCUT2D eigenvalue weighted by atomic mass is 10.1. The van der Waals surface area contributed by atoms with Crippen molar-refractivity contribution in [1.82, 2.24) is 9.88 Å². The van der Waals surface area contributed by atoms with Crippen LogP contribution in [-0.2, 0) is 9.59 Å². The first-order valence-corrected chi connectivity index (χ1v) is 10.2. The molecule has 1 aromatic rings. The van der Waals surface area contributed by atoms with Crippen molar-refractivity contribution in [1.29, 1.82) is 0 Å². The highest BCUT2D eigenvalue weighted by Gasteiger charge is 2.31. The number of hydrogen-bond acceptors (Lipinski definition) is 5. The van der Waals surface area contributed by atoms with Crippen molar-refractivity contribution in [3.63, 3.8) is 0 Å². The second-order valence-electron chi connectivity index (χ2n) is 6.23. The molecule has 1 aromatic heterocycles. The van der Waals surface area contributed by atoms with Gasteiger partial charge in [-0.05, 0) is 36.6 Å². The Labute approximate surface area is 163 Å². The number of carbonyl (C=O) groups excluding carboxylic acids is 1. The van der Waals surface area contributed by atoms with Crippen LogP contribution in [-0.4, -0.2) is 37.7 Å². The molecule has 7 heteroatoms. The van der Waals surface area contributed by atoms with Crippen molar-refractivity contribution in [2.75, 3.05) is 6.54 Å². The minimum atomic E-state index is -0.716. The van der Waals surface area contributed by atoms with Gasteiger partial charge in [0.05, 0.1) is 4.91 Å². The highest BCUT2D eigenvalue weighted by atomic mass is 32.2. The van der Waals surface area contributed by atoms with Gasteiger partial charge in [0.1, 0.15) is 4.32 Å². The molecule has 2 heterocycles. The van der Waals surface area contributed by atoms with Crippen LogP contribution in [0, 0.1) is 0 Å². The molecule has 1 aliphatic heterocycles. The molecule has 0 bridgehead atoms. The van der Waals surface area contributed by atoms with Gasteiger partial charge in [0, 0.05) is 25.4 Å². The Bertz CT molecular complexity index is 662. The number of amides is 1. The summed E-state index contributed by atoms with van der Waals surface area (Å²) in [5, 5.41) is 8.58. The molecule has 1 fully saturated rings. The summed E-state index contributed by atoms with van der Waals surface area (Å²) in [4.78, 5) is 29.3. The minimum Gasteiger partial charge on any atom is -0.481 e. The summed E-state index contributed by atoms with van der Waals surface area (Å²) < 4.78 is 0.629. The Hall–Kier alpha value is -1.73. The van der Waals surface area contributed by atoms with E-state index in [0.29, 0.717) is 15.8 Å². The first-order chi connectivity index (χ1) is 12.6. The van der Waals surface area contributed by atoms with Gasteiger partial charge in [0.15, 0.2) is 0 Å². The van der Waals surface area contributed by atoms with E-state index in [1.54, 1.807) is 17.3 Å². The predicted molar refractivity (Wildman–Crippen MR) is 109 cm³/mol. The van der Waals surface area contributed by atoms with Gasteiger partial charge >= 0.3 is 5.97 Å². The number of carboxylic acid groups (broad SMARTS) is 1. The summed E-state index contributed by atoms with van der Waals surface area (Å²) >= 11 is 6.70. The van der Waals surface area contributed by atoms with Crippen LogP contribution in [0.25, 0.3) is 6.08 Å². The van der Waals surface area contributed by atoms with Crippen molar-refractivity contribution in [3.05, 3.63) is 35.0 Å². The lowest BCUT2D eigenvalue weighted by Gasteiger charge is -2.14. The van der Waals surface area contributed by atoms with Crippen LogP contribution in [0.3, 0.4) is 0 Å². The number of aromatic nitrogens is 1. The molecule has 1 saturated heterocycles. The lowest BCUT2D eigenvalue weighted by molar-refractivity contribution is -0.137. The third-order valence-electron chi connectivity index (χ3n) is 4.15. The van der Waals surface area contributed by atoms with Crippen molar-refractivity contribution >= 4 is 46.3 Å². The Morgan fingerprint density at radius 3 is 2.38 bits per heavy atom. The molecule has 0 radical (unpaired) electrons.